The normalized spacial score (nSPS) is 16.7. The SMILES string of the molecule is CC(C)=CCC/C(C)=C/CC/C(C)=C/CSC[C@H](NS(=O)(=O)C1CC1)C(=O)O. The zero-order valence-electron chi connectivity index (χ0n) is 17.5. The molecule has 0 heterocycles. The fourth-order valence-corrected chi connectivity index (χ4v) is 5.19. The van der Waals surface area contributed by atoms with Crippen molar-refractivity contribution in [3.05, 3.63) is 34.9 Å². The average Bonchev–Trinajstić information content (AvgIpc) is 3.42. The van der Waals surface area contributed by atoms with E-state index in [1.165, 1.54) is 28.5 Å². The van der Waals surface area contributed by atoms with Crippen molar-refractivity contribution in [2.24, 2.45) is 0 Å². The van der Waals surface area contributed by atoms with Crippen molar-refractivity contribution in [1.29, 1.82) is 0 Å². The number of carboxylic acids is 1. The van der Waals surface area contributed by atoms with E-state index < -0.39 is 27.3 Å². The molecule has 2 N–H and O–H groups in total. The van der Waals surface area contributed by atoms with Crippen molar-refractivity contribution >= 4 is 27.8 Å². The number of thioether (sulfide) groups is 1. The lowest BCUT2D eigenvalue weighted by atomic mass is 10.1. The quantitative estimate of drug-likeness (QED) is 0.310. The molecule has 7 heteroatoms. The lowest BCUT2D eigenvalue weighted by molar-refractivity contribution is -0.138. The standard InChI is InChI=1S/C21H35NO4S2/c1-16(2)7-5-8-17(3)9-6-10-18(4)13-14-27-15-20(21(23)24)22-28(25,26)19-11-12-19/h7,9,13,19-20,22H,5-6,8,10-12,14-15H2,1-4H3,(H,23,24)/b17-9+,18-13+/t20-/m0/s1. The van der Waals surface area contributed by atoms with Gasteiger partial charge in [-0.25, -0.2) is 8.42 Å². The van der Waals surface area contributed by atoms with Gasteiger partial charge >= 0.3 is 5.97 Å². The maximum absolute atomic E-state index is 11.9. The molecule has 0 amide bonds. The van der Waals surface area contributed by atoms with Gasteiger partial charge in [0.15, 0.2) is 0 Å². The average molecular weight is 430 g/mol. The van der Waals surface area contributed by atoms with E-state index in [0.717, 1.165) is 25.7 Å². The second-order valence-corrected chi connectivity index (χ2v) is 10.8. The third-order valence-electron chi connectivity index (χ3n) is 4.52. The molecule has 0 aliphatic heterocycles. The Morgan fingerprint density at radius 2 is 1.64 bits per heavy atom. The molecule has 0 spiro atoms. The summed E-state index contributed by atoms with van der Waals surface area (Å²) in [6, 6.07) is -1.06. The van der Waals surface area contributed by atoms with Gasteiger partial charge in [0.1, 0.15) is 6.04 Å². The van der Waals surface area contributed by atoms with E-state index in [0.29, 0.717) is 18.6 Å². The van der Waals surface area contributed by atoms with E-state index in [2.05, 4.69) is 50.6 Å². The molecule has 1 rings (SSSR count). The molecular formula is C21H35NO4S2. The van der Waals surface area contributed by atoms with Gasteiger partial charge in [-0.05, 0) is 66.2 Å². The van der Waals surface area contributed by atoms with Crippen LogP contribution in [0.25, 0.3) is 0 Å². The Hall–Kier alpha value is -1.05. The predicted molar refractivity (Wildman–Crippen MR) is 119 cm³/mol. The number of allylic oxidation sites excluding steroid dienone is 5. The Morgan fingerprint density at radius 3 is 2.18 bits per heavy atom. The Kier molecular flexibility index (Phi) is 11.2. The van der Waals surface area contributed by atoms with E-state index in [1.54, 1.807) is 0 Å². The number of aliphatic carboxylic acids is 1. The fourth-order valence-electron chi connectivity index (χ4n) is 2.55. The molecule has 0 aromatic carbocycles. The van der Waals surface area contributed by atoms with Gasteiger partial charge in [-0.15, -0.1) is 0 Å². The molecular weight excluding hydrogens is 394 g/mol. The van der Waals surface area contributed by atoms with E-state index >= 15 is 0 Å². The topological polar surface area (TPSA) is 83.5 Å². The predicted octanol–water partition coefficient (Wildman–Crippen LogP) is 4.67. The molecule has 1 aliphatic carbocycles. The first kappa shape index (κ1) is 25.0. The number of carboxylic acid groups (broad SMARTS) is 1. The molecule has 1 fully saturated rings. The van der Waals surface area contributed by atoms with Crippen LogP contribution >= 0.6 is 11.8 Å². The maximum atomic E-state index is 11.9. The molecule has 160 valence electrons. The Bertz CT molecular complexity index is 700. The molecule has 0 saturated heterocycles. The Balaban J connectivity index is 2.30. The Labute approximate surface area is 174 Å². The first-order chi connectivity index (χ1) is 13.1. The van der Waals surface area contributed by atoms with Gasteiger partial charge in [0.05, 0.1) is 5.25 Å². The van der Waals surface area contributed by atoms with Crippen LogP contribution in [0.5, 0.6) is 0 Å². The monoisotopic (exact) mass is 429 g/mol. The number of nitrogens with one attached hydrogen (secondary N) is 1. The van der Waals surface area contributed by atoms with Gasteiger partial charge in [0.2, 0.25) is 10.0 Å². The molecule has 28 heavy (non-hydrogen) atoms. The highest BCUT2D eigenvalue weighted by Gasteiger charge is 2.38. The van der Waals surface area contributed by atoms with Crippen molar-refractivity contribution < 1.29 is 18.3 Å². The van der Waals surface area contributed by atoms with E-state index in [4.69, 9.17) is 0 Å². The summed E-state index contributed by atoms with van der Waals surface area (Å²) in [6.07, 6.45) is 12.1. The van der Waals surface area contributed by atoms with Gasteiger partial charge in [-0.1, -0.05) is 34.9 Å². The zero-order valence-corrected chi connectivity index (χ0v) is 19.2. The highest BCUT2D eigenvalue weighted by atomic mass is 32.2. The van der Waals surface area contributed by atoms with E-state index in [-0.39, 0.29) is 5.75 Å². The molecule has 1 saturated carbocycles. The van der Waals surface area contributed by atoms with Crippen LogP contribution in [0.15, 0.2) is 34.9 Å². The first-order valence-electron chi connectivity index (χ1n) is 9.88. The van der Waals surface area contributed by atoms with E-state index in [1.807, 2.05) is 0 Å². The highest BCUT2D eigenvalue weighted by Crippen LogP contribution is 2.27. The second kappa shape index (κ2) is 12.5. The van der Waals surface area contributed by atoms with Crippen LogP contribution < -0.4 is 4.72 Å². The molecule has 1 aliphatic rings. The van der Waals surface area contributed by atoms with Crippen LogP contribution in [0.1, 0.15) is 66.2 Å². The van der Waals surface area contributed by atoms with Crippen LogP contribution in [-0.2, 0) is 14.8 Å². The van der Waals surface area contributed by atoms with Crippen molar-refractivity contribution in [2.75, 3.05) is 11.5 Å². The molecule has 0 aromatic heterocycles. The van der Waals surface area contributed by atoms with Gasteiger partial charge < -0.3 is 5.11 Å². The van der Waals surface area contributed by atoms with Crippen LogP contribution in [0, 0.1) is 0 Å². The van der Waals surface area contributed by atoms with Gasteiger partial charge in [0.25, 0.3) is 0 Å². The van der Waals surface area contributed by atoms with E-state index in [9.17, 15) is 18.3 Å². The number of sulfonamides is 1. The van der Waals surface area contributed by atoms with Crippen molar-refractivity contribution in [3.63, 3.8) is 0 Å². The first-order valence-corrected chi connectivity index (χ1v) is 12.6. The third-order valence-corrected chi connectivity index (χ3v) is 7.46. The summed E-state index contributed by atoms with van der Waals surface area (Å²) in [4.78, 5) is 11.3. The zero-order chi connectivity index (χ0) is 21.2. The minimum atomic E-state index is -3.49. The summed E-state index contributed by atoms with van der Waals surface area (Å²) in [6.45, 7) is 8.48. The molecule has 0 aromatic rings. The maximum Gasteiger partial charge on any atom is 0.322 e. The molecule has 5 nitrogen and oxygen atoms in total. The summed E-state index contributed by atoms with van der Waals surface area (Å²) in [7, 11) is -3.49. The molecule has 0 radical (unpaired) electrons. The van der Waals surface area contributed by atoms with Crippen molar-refractivity contribution in [2.45, 2.75) is 77.5 Å². The van der Waals surface area contributed by atoms with Gasteiger partial charge in [-0.3, -0.25) is 4.79 Å². The largest absolute Gasteiger partial charge is 0.480 e. The molecule has 1 atom stereocenters. The number of carbonyl (C=O) groups is 1. The summed E-state index contributed by atoms with van der Waals surface area (Å²) >= 11 is 1.44. The Morgan fingerprint density at radius 1 is 1.07 bits per heavy atom. The number of hydrogen-bond donors (Lipinski definition) is 2. The summed E-state index contributed by atoms with van der Waals surface area (Å²) in [5.41, 5.74) is 4.03. The van der Waals surface area contributed by atoms with Crippen molar-refractivity contribution in [1.82, 2.24) is 4.72 Å². The lowest BCUT2D eigenvalue weighted by Crippen LogP contribution is -2.44. The fraction of sp³-hybridized carbons (Fsp3) is 0.667. The summed E-state index contributed by atoms with van der Waals surface area (Å²) in [5.74, 6) is -0.204. The van der Waals surface area contributed by atoms with Crippen LogP contribution in [0.2, 0.25) is 0 Å². The van der Waals surface area contributed by atoms with Crippen LogP contribution in [0.4, 0.5) is 0 Å². The smallest absolute Gasteiger partial charge is 0.322 e. The lowest BCUT2D eigenvalue weighted by Gasteiger charge is -2.13. The van der Waals surface area contributed by atoms with Crippen LogP contribution in [-0.4, -0.2) is 42.3 Å². The third kappa shape index (κ3) is 11.1. The summed E-state index contributed by atoms with van der Waals surface area (Å²) in [5, 5.41) is 8.84. The van der Waals surface area contributed by atoms with Gasteiger partial charge in [0, 0.05) is 11.5 Å². The van der Waals surface area contributed by atoms with Crippen molar-refractivity contribution in [3.8, 4) is 0 Å². The second-order valence-electron chi connectivity index (χ2n) is 7.75. The minimum absolute atomic E-state index is 0.231. The number of hydrogen-bond acceptors (Lipinski definition) is 4. The minimum Gasteiger partial charge on any atom is -0.480 e. The number of rotatable bonds is 14. The van der Waals surface area contributed by atoms with Crippen LogP contribution in [0.3, 0.4) is 0 Å². The molecule has 0 unspecified atom stereocenters. The highest BCUT2D eigenvalue weighted by molar-refractivity contribution is 7.99. The molecule has 0 bridgehead atoms. The van der Waals surface area contributed by atoms with Gasteiger partial charge in [-0.2, -0.15) is 16.5 Å². The summed E-state index contributed by atoms with van der Waals surface area (Å²) < 4.78 is 26.2.